The molecule has 5 aromatic rings. The van der Waals surface area contributed by atoms with E-state index in [2.05, 4.69) is 44.0 Å². The standard InChI is InChI=1S/C34H37BrN2O5/c1-6-15-41-31-21-25(20-30(36-31)40-5)32(27-18-24-17-26(35)11-10-23(24)19-29(27)39-4)34(38,13-14-37(2)3)28-9-7-8-22-12-16-42-33(22)28/h7-12,16-21,32,38H,6,13-15H2,1-5H3/t32-,34-/m1/s1. The molecule has 0 saturated carbocycles. The predicted molar refractivity (Wildman–Crippen MR) is 170 cm³/mol. The van der Waals surface area contributed by atoms with Gasteiger partial charge < -0.3 is 28.6 Å². The second-order valence-electron chi connectivity index (χ2n) is 10.8. The number of halogens is 1. The van der Waals surface area contributed by atoms with E-state index >= 15 is 0 Å². The quantitative estimate of drug-likeness (QED) is 0.152. The van der Waals surface area contributed by atoms with Crippen LogP contribution in [0.3, 0.4) is 0 Å². The van der Waals surface area contributed by atoms with Gasteiger partial charge in [0.05, 0.1) is 27.1 Å². The van der Waals surface area contributed by atoms with Gasteiger partial charge in [-0.15, -0.1) is 0 Å². The van der Waals surface area contributed by atoms with Crippen LogP contribution in [0.5, 0.6) is 17.5 Å². The van der Waals surface area contributed by atoms with E-state index in [0.717, 1.165) is 38.2 Å². The predicted octanol–water partition coefficient (Wildman–Crippen LogP) is 7.52. The number of hydrogen-bond acceptors (Lipinski definition) is 7. The molecule has 220 valence electrons. The summed E-state index contributed by atoms with van der Waals surface area (Å²) in [5.41, 5.74) is 1.51. The molecule has 3 aromatic carbocycles. The van der Waals surface area contributed by atoms with Crippen molar-refractivity contribution in [1.82, 2.24) is 9.88 Å². The van der Waals surface area contributed by atoms with E-state index in [1.54, 1.807) is 20.5 Å². The molecule has 1 N–H and O–H groups in total. The number of hydrogen-bond donors (Lipinski definition) is 1. The molecular formula is C34H37BrN2O5. The molecule has 0 amide bonds. The Morgan fingerprint density at radius 1 is 0.952 bits per heavy atom. The Morgan fingerprint density at radius 3 is 2.50 bits per heavy atom. The maximum Gasteiger partial charge on any atom is 0.216 e. The molecule has 2 atom stereocenters. The summed E-state index contributed by atoms with van der Waals surface area (Å²) in [5.74, 6) is 0.881. The summed E-state index contributed by atoms with van der Waals surface area (Å²) in [6.45, 7) is 3.17. The molecule has 7 nitrogen and oxygen atoms in total. The van der Waals surface area contributed by atoms with Crippen molar-refractivity contribution < 1.29 is 23.7 Å². The van der Waals surface area contributed by atoms with Crippen molar-refractivity contribution in [2.75, 3.05) is 41.5 Å². The minimum absolute atomic E-state index is 0.400. The monoisotopic (exact) mass is 632 g/mol. The number of pyridine rings is 1. The van der Waals surface area contributed by atoms with Crippen molar-refractivity contribution in [3.05, 3.63) is 94.2 Å². The average molecular weight is 634 g/mol. The number of benzene rings is 3. The fraction of sp³-hybridized carbons (Fsp3) is 0.324. The lowest BCUT2D eigenvalue weighted by molar-refractivity contribution is 0.00443. The fourth-order valence-corrected chi connectivity index (χ4v) is 5.97. The van der Waals surface area contributed by atoms with E-state index in [4.69, 9.17) is 18.6 Å². The fourth-order valence-electron chi connectivity index (χ4n) is 5.59. The summed E-state index contributed by atoms with van der Waals surface area (Å²) in [6, 6.07) is 21.8. The highest BCUT2D eigenvalue weighted by atomic mass is 79.9. The van der Waals surface area contributed by atoms with E-state index in [1.165, 1.54) is 0 Å². The normalized spacial score (nSPS) is 13.8. The van der Waals surface area contributed by atoms with E-state index < -0.39 is 11.5 Å². The van der Waals surface area contributed by atoms with Crippen LogP contribution >= 0.6 is 15.9 Å². The average Bonchev–Trinajstić information content (AvgIpc) is 3.48. The molecule has 0 saturated heterocycles. The summed E-state index contributed by atoms with van der Waals surface area (Å²) in [7, 11) is 7.25. The van der Waals surface area contributed by atoms with E-state index in [9.17, 15) is 5.11 Å². The Balaban J connectivity index is 1.86. The van der Waals surface area contributed by atoms with Gasteiger partial charge in [0.15, 0.2) is 0 Å². The summed E-state index contributed by atoms with van der Waals surface area (Å²) in [6.07, 6.45) is 2.90. The van der Waals surface area contributed by atoms with E-state index in [1.807, 2.05) is 69.6 Å². The Bertz CT molecular complexity index is 1680. The number of rotatable bonds is 12. The largest absolute Gasteiger partial charge is 0.496 e. The van der Waals surface area contributed by atoms with Gasteiger partial charge in [-0.1, -0.05) is 47.1 Å². The number of aromatic nitrogens is 1. The van der Waals surface area contributed by atoms with Crippen molar-refractivity contribution >= 4 is 37.7 Å². The van der Waals surface area contributed by atoms with Crippen LogP contribution in [0, 0.1) is 0 Å². The highest BCUT2D eigenvalue weighted by molar-refractivity contribution is 9.10. The van der Waals surface area contributed by atoms with Crippen molar-refractivity contribution in [3.63, 3.8) is 0 Å². The van der Waals surface area contributed by atoms with Gasteiger partial charge in [0.2, 0.25) is 11.8 Å². The minimum Gasteiger partial charge on any atom is -0.496 e. The summed E-state index contributed by atoms with van der Waals surface area (Å²) in [4.78, 5) is 6.62. The topological polar surface area (TPSA) is 77.2 Å². The van der Waals surface area contributed by atoms with Crippen molar-refractivity contribution in [2.24, 2.45) is 0 Å². The van der Waals surface area contributed by atoms with Gasteiger partial charge in [-0.25, -0.2) is 0 Å². The molecule has 8 heteroatoms. The van der Waals surface area contributed by atoms with Gasteiger partial charge in [-0.3, -0.25) is 0 Å². The van der Waals surface area contributed by atoms with Crippen LogP contribution in [0.2, 0.25) is 0 Å². The first kappa shape index (κ1) is 29.9. The Kier molecular flexibility index (Phi) is 9.06. The van der Waals surface area contributed by atoms with Crippen LogP contribution in [0.1, 0.15) is 42.4 Å². The third-order valence-corrected chi connectivity index (χ3v) is 8.12. The maximum absolute atomic E-state index is 13.2. The second-order valence-corrected chi connectivity index (χ2v) is 11.7. The molecule has 0 fully saturated rings. The first-order chi connectivity index (χ1) is 20.3. The number of fused-ring (bicyclic) bond motifs is 2. The third-order valence-electron chi connectivity index (χ3n) is 7.62. The summed E-state index contributed by atoms with van der Waals surface area (Å²) in [5, 5.41) is 16.2. The zero-order valence-electron chi connectivity index (χ0n) is 24.7. The molecule has 0 aliphatic carbocycles. The molecular weight excluding hydrogens is 596 g/mol. The summed E-state index contributed by atoms with van der Waals surface area (Å²) < 4.78 is 24.7. The molecule has 0 aliphatic heterocycles. The van der Waals surface area contributed by atoms with E-state index in [-0.39, 0.29) is 0 Å². The summed E-state index contributed by atoms with van der Waals surface area (Å²) >= 11 is 3.63. The van der Waals surface area contributed by atoms with E-state index in [0.29, 0.717) is 48.2 Å². The molecule has 42 heavy (non-hydrogen) atoms. The van der Waals surface area contributed by atoms with Gasteiger partial charge >= 0.3 is 0 Å². The number of furan rings is 1. The Morgan fingerprint density at radius 2 is 1.76 bits per heavy atom. The van der Waals surface area contributed by atoms with Gasteiger partial charge in [-0.2, -0.15) is 4.98 Å². The molecule has 2 aromatic heterocycles. The van der Waals surface area contributed by atoms with Gasteiger partial charge in [0.25, 0.3) is 0 Å². The lowest BCUT2D eigenvalue weighted by atomic mass is 9.71. The molecule has 0 unspecified atom stereocenters. The number of para-hydroxylation sites is 1. The highest BCUT2D eigenvalue weighted by Crippen LogP contribution is 2.50. The number of nitrogens with zero attached hydrogens (tertiary/aromatic N) is 2. The van der Waals surface area contributed by atoms with Crippen LogP contribution in [0.25, 0.3) is 21.7 Å². The Labute approximate surface area is 255 Å². The van der Waals surface area contributed by atoms with Crippen molar-refractivity contribution in [2.45, 2.75) is 31.3 Å². The van der Waals surface area contributed by atoms with Crippen LogP contribution in [0.4, 0.5) is 0 Å². The molecule has 5 rings (SSSR count). The minimum atomic E-state index is -1.44. The lowest BCUT2D eigenvalue weighted by Gasteiger charge is -2.39. The Hall–Kier alpha value is -3.59. The number of ether oxygens (including phenoxy) is 3. The first-order valence-corrected chi connectivity index (χ1v) is 14.9. The highest BCUT2D eigenvalue weighted by Gasteiger charge is 2.44. The number of aliphatic hydroxyl groups is 1. The third kappa shape index (κ3) is 5.98. The van der Waals surface area contributed by atoms with Crippen LogP contribution < -0.4 is 14.2 Å². The molecule has 0 bridgehead atoms. The lowest BCUT2D eigenvalue weighted by Crippen LogP contribution is -2.38. The number of methoxy groups -OCH3 is 2. The second kappa shape index (κ2) is 12.7. The maximum atomic E-state index is 13.2. The van der Waals surface area contributed by atoms with Gasteiger partial charge in [0, 0.05) is 45.6 Å². The van der Waals surface area contributed by atoms with Crippen LogP contribution in [-0.2, 0) is 5.60 Å². The molecule has 0 aliphatic rings. The molecule has 2 heterocycles. The SMILES string of the molecule is CCCOc1cc([C@H](c2cc3cc(Br)ccc3cc2OC)[C@@](O)(CCN(C)C)c2cccc3ccoc23)cc(OC)n1. The van der Waals surface area contributed by atoms with Crippen molar-refractivity contribution in [1.29, 1.82) is 0 Å². The van der Waals surface area contributed by atoms with Crippen LogP contribution in [0.15, 0.2) is 81.9 Å². The molecule has 0 spiro atoms. The van der Waals surface area contributed by atoms with Gasteiger partial charge in [-0.05, 0) is 73.6 Å². The molecule has 0 radical (unpaired) electrons. The smallest absolute Gasteiger partial charge is 0.216 e. The first-order valence-electron chi connectivity index (χ1n) is 14.1. The zero-order valence-corrected chi connectivity index (χ0v) is 26.3. The van der Waals surface area contributed by atoms with Crippen LogP contribution in [-0.4, -0.2) is 56.5 Å². The van der Waals surface area contributed by atoms with Crippen molar-refractivity contribution in [3.8, 4) is 17.5 Å². The van der Waals surface area contributed by atoms with Gasteiger partial charge in [0.1, 0.15) is 16.9 Å². The zero-order chi connectivity index (χ0) is 29.9.